The van der Waals surface area contributed by atoms with Crippen molar-refractivity contribution in [2.24, 2.45) is 5.92 Å². The minimum atomic E-state index is -0.0666. The second-order valence-electron chi connectivity index (χ2n) is 5.08. The van der Waals surface area contributed by atoms with E-state index in [1.165, 1.54) is 0 Å². The van der Waals surface area contributed by atoms with E-state index >= 15 is 0 Å². The molecule has 0 aromatic carbocycles. The Kier molecular flexibility index (Phi) is 4.74. The molecule has 1 saturated heterocycles. The van der Waals surface area contributed by atoms with Crippen molar-refractivity contribution in [3.05, 3.63) is 0 Å². The first-order valence-corrected chi connectivity index (χ1v) is 6.04. The Bertz CT molecular complexity index is 243. The maximum Gasteiger partial charge on any atom is 0.241 e. The summed E-state index contributed by atoms with van der Waals surface area (Å²) in [5, 5.41) is 3.35. The van der Waals surface area contributed by atoms with Gasteiger partial charge in [0.15, 0.2) is 0 Å². The molecule has 1 aliphatic rings. The normalized spacial score (nSPS) is 27.9. The van der Waals surface area contributed by atoms with E-state index in [9.17, 15) is 4.79 Å². The van der Waals surface area contributed by atoms with E-state index in [1.807, 2.05) is 18.7 Å². The minimum absolute atomic E-state index is 0.0666. The molecule has 0 spiro atoms. The number of nitrogens with one attached hydrogen (secondary N) is 1. The van der Waals surface area contributed by atoms with Crippen molar-refractivity contribution < 1.29 is 9.53 Å². The van der Waals surface area contributed by atoms with Gasteiger partial charge in [-0.3, -0.25) is 10.1 Å². The van der Waals surface area contributed by atoms with Gasteiger partial charge in [-0.25, -0.2) is 0 Å². The van der Waals surface area contributed by atoms with Crippen LogP contribution in [0.3, 0.4) is 0 Å². The molecule has 3 atom stereocenters. The van der Waals surface area contributed by atoms with Gasteiger partial charge in [-0.05, 0) is 26.2 Å². The Morgan fingerprint density at radius 1 is 1.44 bits per heavy atom. The third-order valence-electron chi connectivity index (χ3n) is 2.98. The summed E-state index contributed by atoms with van der Waals surface area (Å²) >= 11 is 0. The molecule has 1 heterocycles. The number of rotatable bonds is 5. The van der Waals surface area contributed by atoms with E-state index in [4.69, 9.17) is 4.74 Å². The highest BCUT2D eigenvalue weighted by Crippen LogP contribution is 2.20. The first-order chi connectivity index (χ1) is 7.47. The molecule has 1 fully saturated rings. The summed E-state index contributed by atoms with van der Waals surface area (Å²) in [6.07, 6.45) is 1.15. The van der Waals surface area contributed by atoms with Gasteiger partial charge in [0, 0.05) is 7.11 Å². The fourth-order valence-electron chi connectivity index (χ4n) is 2.29. The zero-order valence-corrected chi connectivity index (χ0v) is 11.0. The average Bonchev–Trinajstić information content (AvgIpc) is 2.41. The van der Waals surface area contributed by atoms with Crippen molar-refractivity contribution >= 4 is 5.91 Å². The predicted octanol–water partition coefficient (Wildman–Crippen LogP) is 1.21. The molecule has 0 aromatic rings. The van der Waals surface area contributed by atoms with Crippen LogP contribution in [0.4, 0.5) is 0 Å². The molecular formula is C12H24N2O2. The van der Waals surface area contributed by atoms with Gasteiger partial charge in [0.2, 0.25) is 5.91 Å². The van der Waals surface area contributed by atoms with Crippen molar-refractivity contribution in [2.45, 2.75) is 52.4 Å². The molecule has 1 rings (SSSR count). The molecule has 4 nitrogen and oxygen atoms in total. The van der Waals surface area contributed by atoms with Crippen LogP contribution in [-0.2, 0) is 9.53 Å². The van der Waals surface area contributed by atoms with Crippen molar-refractivity contribution in [1.82, 2.24) is 10.2 Å². The highest BCUT2D eigenvalue weighted by Gasteiger charge is 2.38. The number of carbonyl (C=O) groups is 1. The molecule has 0 aliphatic carbocycles. The Balaban J connectivity index is 2.70. The molecule has 0 aromatic heterocycles. The van der Waals surface area contributed by atoms with Crippen molar-refractivity contribution in [3.8, 4) is 0 Å². The Morgan fingerprint density at radius 3 is 2.56 bits per heavy atom. The summed E-state index contributed by atoms with van der Waals surface area (Å²) in [5.74, 6) is 0.767. The third kappa shape index (κ3) is 2.95. The van der Waals surface area contributed by atoms with E-state index < -0.39 is 0 Å². The highest BCUT2D eigenvalue weighted by molar-refractivity contribution is 5.84. The van der Waals surface area contributed by atoms with Crippen molar-refractivity contribution in [1.29, 1.82) is 0 Å². The van der Waals surface area contributed by atoms with Gasteiger partial charge in [0.25, 0.3) is 0 Å². The number of carbonyl (C=O) groups excluding carboxylic acids is 1. The lowest BCUT2D eigenvalue weighted by atomic mass is 10.1. The number of hydrogen-bond donors (Lipinski definition) is 1. The van der Waals surface area contributed by atoms with Crippen LogP contribution in [0.15, 0.2) is 0 Å². The Labute approximate surface area is 98.3 Å². The summed E-state index contributed by atoms with van der Waals surface area (Å²) < 4.78 is 5.13. The maximum atomic E-state index is 12.0. The zero-order chi connectivity index (χ0) is 12.3. The van der Waals surface area contributed by atoms with Gasteiger partial charge < -0.3 is 9.64 Å². The fourth-order valence-corrected chi connectivity index (χ4v) is 2.29. The van der Waals surface area contributed by atoms with Crippen LogP contribution in [0.25, 0.3) is 0 Å². The lowest BCUT2D eigenvalue weighted by molar-refractivity contribution is -0.132. The predicted molar refractivity (Wildman–Crippen MR) is 64.0 cm³/mol. The summed E-state index contributed by atoms with van der Waals surface area (Å²) in [4.78, 5) is 14.0. The summed E-state index contributed by atoms with van der Waals surface area (Å²) in [5.41, 5.74) is 0. The zero-order valence-electron chi connectivity index (χ0n) is 11.0. The summed E-state index contributed by atoms with van der Waals surface area (Å²) in [6, 6.07) is 0.0711. The summed E-state index contributed by atoms with van der Waals surface area (Å²) in [6.45, 7) is 8.90. The second kappa shape index (κ2) is 5.64. The molecular weight excluding hydrogens is 204 g/mol. The Morgan fingerprint density at radius 2 is 2.06 bits per heavy atom. The molecule has 4 heteroatoms. The van der Waals surface area contributed by atoms with Crippen molar-refractivity contribution in [3.63, 3.8) is 0 Å². The van der Waals surface area contributed by atoms with Crippen LogP contribution in [0, 0.1) is 5.92 Å². The van der Waals surface area contributed by atoms with Crippen LogP contribution in [-0.4, -0.2) is 42.8 Å². The maximum absolute atomic E-state index is 12.0. The van der Waals surface area contributed by atoms with E-state index in [2.05, 4.69) is 19.2 Å². The second-order valence-corrected chi connectivity index (χ2v) is 5.08. The quantitative estimate of drug-likeness (QED) is 0.769. The first-order valence-electron chi connectivity index (χ1n) is 6.04. The first kappa shape index (κ1) is 13.5. The molecule has 0 radical (unpaired) electrons. The van der Waals surface area contributed by atoms with E-state index in [0.717, 1.165) is 6.42 Å². The standard InChI is InChI=1S/C12H24N2O2/c1-8(2)6-11-13-10(4)12(15)14(11)9(3)7-16-5/h8-11,13H,6-7H2,1-5H3. The molecule has 16 heavy (non-hydrogen) atoms. The van der Waals surface area contributed by atoms with Crippen LogP contribution in [0.5, 0.6) is 0 Å². The molecule has 94 valence electrons. The number of ether oxygens (including phenoxy) is 1. The molecule has 3 unspecified atom stereocenters. The molecule has 0 saturated carbocycles. The lowest BCUT2D eigenvalue weighted by Crippen LogP contribution is -2.45. The number of hydrogen-bond acceptors (Lipinski definition) is 3. The number of amides is 1. The van der Waals surface area contributed by atoms with Gasteiger partial charge in [-0.1, -0.05) is 13.8 Å². The average molecular weight is 228 g/mol. The van der Waals surface area contributed by atoms with Gasteiger partial charge >= 0.3 is 0 Å². The third-order valence-corrected chi connectivity index (χ3v) is 2.98. The van der Waals surface area contributed by atoms with Crippen LogP contribution in [0.1, 0.15) is 34.1 Å². The molecule has 1 N–H and O–H groups in total. The molecule has 1 aliphatic heterocycles. The SMILES string of the molecule is COCC(C)N1C(=O)C(C)NC1CC(C)C. The molecule has 1 amide bonds. The summed E-state index contributed by atoms with van der Waals surface area (Å²) in [7, 11) is 1.67. The minimum Gasteiger partial charge on any atom is -0.383 e. The smallest absolute Gasteiger partial charge is 0.241 e. The van der Waals surface area contributed by atoms with E-state index in [1.54, 1.807) is 7.11 Å². The van der Waals surface area contributed by atoms with Crippen LogP contribution >= 0.6 is 0 Å². The largest absolute Gasteiger partial charge is 0.383 e. The number of nitrogens with zero attached hydrogens (tertiary/aromatic N) is 1. The van der Waals surface area contributed by atoms with E-state index in [0.29, 0.717) is 12.5 Å². The highest BCUT2D eigenvalue weighted by atomic mass is 16.5. The van der Waals surface area contributed by atoms with Crippen LogP contribution < -0.4 is 5.32 Å². The Hall–Kier alpha value is -0.610. The van der Waals surface area contributed by atoms with Crippen molar-refractivity contribution in [2.75, 3.05) is 13.7 Å². The van der Waals surface area contributed by atoms with Gasteiger partial charge in [-0.2, -0.15) is 0 Å². The topological polar surface area (TPSA) is 41.6 Å². The number of methoxy groups -OCH3 is 1. The molecule has 0 bridgehead atoms. The van der Waals surface area contributed by atoms with Gasteiger partial charge in [0.1, 0.15) is 0 Å². The monoisotopic (exact) mass is 228 g/mol. The fraction of sp³-hybridized carbons (Fsp3) is 0.917. The van der Waals surface area contributed by atoms with Gasteiger partial charge in [-0.15, -0.1) is 0 Å². The van der Waals surface area contributed by atoms with Gasteiger partial charge in [0.05, 0.1) is 24.9 Å². The van der Waals surface area contributed by atoms with E-state index in [-0.39, 0.29) is 24.2 Å². The lowest BCUT2D eigenvalue weighted by Gasteiger charge is -2.30. The van der Waals surface area contributed by atoms with Crippen LogP contribution in [0.2, 0.25) is 0 Å².